The molecule has 2 aliphatic carbocycles. The number of hydrogen-bond donors (Lipinski definition) is 1. The Balaban J connectivity index is 1.42. The van der Waals surface area contributed by atoms with Gasteiger partial charge < -0.3 is 9.84 Å². The summed E-state index contributed by atoms with van der Waals surface area (Å²) >= 11 is 0. The van der Waals surface area contributed by atoms with Crippen molar-refractivity contribution in [3.63, 3.8) is 0 Å². The fourth-order valence-electron chi connectivity index (χ4n) is 5.06. The highest BCUT2D eigenvalue weighted by Gasteiger charge is 2.44. The van der Waals surface area contributed by atoms with Gasteiger partial charge in [-0.2, -0.15) is 0 Å². The van der Waals surface area contributed by atoms with Crippen LogP contribution in [0.4, 0.5) is 4.39 Å². The van der Waals surface area contributed by atoms with Crippen LogP contribution in [0.2, 0.25) is 0 Å². The topological polar surface area (TPSA) is 46.5 Å². The third kappa shape index (κ3) is 3.50. The number of ether oxygens (including phenoxy) is 1. The summed E-state index contributed by atoms with van der Waals surface area (Å²) < 4.78 is 21.1. The molecule has 158 valence electrons. The summed E-state index contributed by atoms with van der Waals surface area (Å²) in [5, 5.41) is 9.13. The van der Waals surface area contributed by atoms with Crippen LogP contribution in [0.1, 0.15) is 52.7 Å². The number of halogens is 1. The highest BCUT2D eigenvalue weighted by atomic mass is 19.1. The monoisotopic (exact) mass is 416 g/mol. The van der Waals surface area contributed by atoms with Crippen LogP contribution in [-0.4, -0.2) is 11.1 Å². The van der Waals surface area contributed by atoms with Crippen molar-refractivity contribution >= 4 is 5.97 Å². The average Bonchev–Trinajstić information content (AvgIpc) is 3.44. The third-order valence-corrected chi connectivity index (χ3v) is 6.73. The van der Waals surface area contributed by atoms with Gasteiger partial charge in [-0.3, -0.25) is 4.79 Å². The molecule has 0 spiro atoms. The predicted molar refractivity (Wildman–Crippen MR) is 118 cm³/mol. The van der Waals surface area contributed by atoms with Crippen LogP contribution in [0.5, 0.6) is 5.75 Å². The molecule has 0 heterocycles. The van der Waals surface area contributed by atoms with E-state index < -0.39 is 5.97 Å². The van der Waals surface area contributed by atoms with Crippen molar-refractivity contribution < 1.29 is 19.0 Å². The molecule has 3 unspecified atom stereocenters. The van der Waals surface area contributed by atoms with Crippen LogP contribution in [0.15, 0.2) is 54.6 Å². The summed E-state index contributed by atoms with van der Waals surface area (Å²) in [6, 6.07) is 17.3. The normalized spacial score (nSPS) is 21.6. The fraction of sp³-hybridized carbons (Fsp3) is 0.296. The van der Waals surface area contributed by atoms with Gasteiger partial charge in [0, 0.05) is 5.56 Å². The lowest BCUT2D eigenvalue weighted by Gasteiger charge is -2.18. The second-order valence-corrected chi connectivity index (χ2v) is 8.76. The Labute approximate surface area is 181 Å². The van der Waals surface area contributed by atoms with Crippen molar-refractivity contribution in [2.45, 2.75) is 45.1 Å². The zero-order chi connectivity index (χ0) is 21.7. The van der Waals surface area contributed by atoms with Gasteiger partial charge in [-0.15, -0.1) is 0 Å². The van der Waals surface area contributed by atoms with E-state index in [0.717, 1.165) is 29.5 Å². The van der Waals surface area contributed by atoms with Crippen molar-refractivity contribution in [2.75, 3.05) is 0 Å². The molecule has 3 nitrogen and oxygen atoms in total. The molecule has 3 aromatic rings. The van der Waals surface area contributed by atoms with E-state index in [4.69, 9.17) is 9.84 Å². The number of rotatable bonds is 5. The second kappa shape index (κ2) is 7.52. The van der Waals surface area contributed by atoms with Gasteiger partial charge in [0.25, 0.3) is 0 Å². The Kier molecular flexibility index (Phi) is 4.81. The number of aliphatic carboxylic acids is 1. The minimum atomic E-state index is -0.733. The molecule has 31 heavy (non-hydrogen) atoms. The zero-order valence-electron chi connectivity index (χ0n) is 17.7. The third-order valence-electron chi connectivity index (χ3n) is 6.73. The van der Waals surface area contributed by atoms with Gasteiger partial charge in [-0.25, -0.2) is 4.39 Å². The highest BCUT2D eigenvalue weighted by Crippen LogP contribution is 2.48. The number of fused-ring (bicyclic) bond motifs is 1. The van der Waals surface area contributed by atoms with Crippen LogP contribution >= 0.6 is 0 Å². The molecular formula is C27H25FO3. The molecule has 0 aromatic heterocycles. The van der Waals surface area contributed by atoms with Gasteiger partial charge in [-0.1, -0.05) is 36.4 Å². The number of benzene rings is 3. The largest absolute Gasteiger partial charge is 0.486 e. The van der Waals surface area contributed by atoms with Gasteiger partial charge in [0.2, 0.25) is 0 Å². The van der Waals surface area contributed by atoms with Gasteiger partial charge >= 0.3 is 5.97 Å². The summed E-state index contributed by atoms with van der Waals surface area (Å²) in [5.41, 5.74) is 7.39. The number of hydrogen-bond acceptors (Lipinski definition) is 2. The summed E-state index contributed by atoms with van der Waals surface area (Å²) in [4.78, 5) is 11.1. The molecule has 0 aliphatic heterocycles. The van der Waals surface area contributed by atoms with Gasteiger partial charge in [0.1, 0.15) is 17.7 Å². The first kappa shape index (κ1) is 19.8. The van der Waals surface area contributed by atoms with E-state index in [2.05, 4.69) is 26.0 Å². The predicted octanol–water partition coefficient (Wildman–Crippen LogP) is 6.36. The van der Waals surface area contributed by atoms with Crippen LogP contribution in [0, 0.1) is 25.6 Å². The van der Waals surface area contributed by atoms with E-state index in [-0.39, 0.29) is 23.8 Å². The van der Waals surface area contributed by atoms with Gasteiger partial charge in [0.15, 0.2) is 0 Å². The van der Waals surface area contributed by atoms with Crippen molar-refractivity contribution in [2.24, 2.45) is 5.92 Å². The Morgan fingerprint density at radius 1 is 1.03 bits per heavy atom. The molecule has 5 rings (SSSR count). The minimum absolute atomic E-state index is 0.0936. The Hall–Kier alpha value is -3.14. The van der Waals surface area contributed by atoms with E-state index in [1.54, 1.807) is 6.07 Å². The molecule has 1 fully saturated rings. The lowest BCUT2D eigenvalue weighted by atomic mass is 9.90. The SMILES string of the molecule is Cc1cccc(C)c1-c1ccc(F)c2c1CCC2Oc1ccc(C2CC2C(=O)O)cc1. The molecule has 3 atom stereocenters. The quantitative estimate of drug-likeness (QED) is 0.526. The Morgan fingerprint density at radius 3 is 2.39 bits per heavy atom. The van der Waals surface area contributed by atoms with Crippen LogP contribution in [-0.2, 0) is 11.2 Å². The van der Waals surface area contributed by atoms with Crippen molar-refractivity contribution in [1.82, 2.24) is 0 Å². The van der Waals surface area contributed by atoms with Crippen LogP contribution < -0.4 is 4.74 Å². The standard InChI is InChI=1S/C27H25FO3/c1-15-4-3-5-16(2)25(15)19-10-12-23(28)26-20(19)11-13-24(26)31-18-8-6-17(7-9-18)21-14-22(21)27(29)30/h3-10,12,21-22,24H,11,13-14H2,1-2H3,(H,29,30). The molecule has 0 saturated heterocycles. The summed E-state index contributed by atoms with van der Waals surface area (Å²) in [6.45, 7) is 4.19. The molecule has 4 heteroatoms. The average molecular weight is 416 g/mol. The maximum Gasteiger partial charge on any atom is 0.307 e. The Bertz CT molecular complexity index is 1150. The van der Waals surface area contributed by atoms with E-state index in [1.165, 1.54) is 16.7 Å². The van der Waals surface area contributed by atoms with Crippen molar-refractivity contribution in [3.05, 3.63) is 88.2 Å². The number of carbonyl (C=O) groups is 1. The lowest BCUT2D eigenvalue weighted by molar-refractivity contribution is -0.138. The molecule has 2 aliphatic rings. The second-order valence-electron chi connectivity index (χ2n) is 8.76. The molecule has 3 aromatic carbocycles. The maximum atomic E-state index is 14.9. The van der Waals surface area contributed by atoms with Crippen molar-refractivity contribution in [1.29, 1.82) is 0 Å². The lowest BCUT2D eigenvalue weighted by Crippen LogP contribution is -2.06. The summed E-state index contributed by atoms with van der Waals surface area (Å²) in [5.74, 6) is -0.442. The number of aryl methyl sites for hydroxylation is 2. The summed E-state index contributed by atoms with van der Waals surface area (Å²) in [7, 11) is 0. The fourth-order valence-corrected chi connectivity index (χ4v) is 5.06. The number of carboxylic acids is 1. The van der Waals surface area contributed by atoms with E-state index in [0.29, 0.717) is 17.7 Å². The number of carboxylic acid groups (broad SMARTS) is 1. The smallest absolute Gasteiger partial charge is 0.307 e. The van der Waals surface area contributed by atoms with E-state index in [9.17, 15) is 9.18 Å². The molecular weight excluding hydrogens is 391 g/mol. The van der Waals surface area contributed by atoms with Gasteiger partial charge in [-0.05, 0) is 90.6 Å². The molecule has 1 saturated carbocycles. The maximum absolute atomic E-state index is 14.9. The van der Waals surface area contributed by atoms with Crippen LogP contribution in [0.3, 0.4) is 0 Å². The van der Waals surface area contributed by atoms with E-state index >= 15 is 0 Å². The highest BCUT2D eigenvalue weighted by molar-refractivity contribution is 5.76. The molecule has 1 N–H and O–H groups in total. The summed E-state index contributed by atoms with van der Waals surface area (Å²) in [6.07, 6.45) is 1.89. The first-order valence-electron chi connectivity index (χ1n) is 10.8. The van der Waals surface area contributed by atoms with Crippen molar-refractivity contribution in [3.8, 4) is 16.9 Å². The first-order valence-corrected chi connectivity index (χ1v) is 10.8. The minimum Gasteiger partial charge on any atom is -0.486 e. The molecule has 0 bridgehead atoms. The van der Waals surface area contributed by atoms with E-state index in [1.807, 2.05) is 36.4 Å². The molecule has 0 radical (unpaired) electrons. The first-order chi connectivity index (χ1) is 14.9. The zero-order valence-corrected chi connectivity index (χ0v) is 17.7. The Morgan fingerprint density at radius 2 is 1.74 bits per heavy atom. The van der Waals surface area contributed by atoms with Gasteiger partial charge in [0.05, 0.1) is 5.92 Å². The van der Waals surface area contributed by atoms with Crippen LogP contribution in [0.25, 0.3) is 11.1 Å². The molecule has 0 amide bonds.